The largest absolute Gasteiger partial charge is 0.497 e. The van der Waals surface area contributed by atoms with E-state index in [0.29, 0.717) is 6.42 Å². The van der Waals surface area contributed by atoms with Crippen molar-refractivity contribution in [2.45, 2.75) is 31.9 Å². The minimum atomic E-state index is -0.0489. The first kappa shape index (κ1) is 12.5. The molecule has 1 atom stereocenters. The number of benzene rings is 1. The zero-order valence-electron chi connectivity index (χ0n) is 11.2. The van der Waals surface area contributed by atoms with Crippen molar-refractivity contribution < 1.29 is 14.3 Å². The number of rotatable bonds is 3. The van der Waals surface area contributed by atoms with E-state index in [1.54, 1.807) is 7.11 Å². The molecule has 1 saturated heterocycles. The Bertz CT molecular complexity index is 486. The van der Waals surface area contributed by atoms with Crippen LogP contribution >= 0.6 is 0 Å². The van der Waals surface area contributed by atoms with E-state index in [1.165, 1.54) is 11.1 Å². The number of ether oxygens (including phenoxy) is 2. The van der Waals surface area contributed by atoms with Crippen LogP contribution in [0.3, 0.4) is 0 Å². The van der Waals surface area contributed by atoms with Gasteiger partial charge in [0.15, 0.2) is 0 Å². The molecule has 2 aliphatic rings. The number of carbonyl (C=O) groups is 1. The van der Waals surface area contributed by atoms with Gasteiger partial charge in [-0.25, -0.2) is 0 Å². The van der Waals surface area contributed by atoms with E-state index in [0.717, 1.165) is 38.2 Å². The fourth-order valence-electron chi connectivity index (χ4n) is 2.87. The summed E-state index contributed by atoms with van der Waals surface area (Å²) in [6, 6.07) is 6.28. The highest BCUT2D eigenvalue weighted by Gasteiger charge is 2.27. The first-order chi connectivity index (χ1) is 9.24. The van der Waals surface area contributed by atoms with Crippen LogP contribution < -0.4 is 4.74 Å². The van der Waals surface area contributed by atoms with E-state index in [9.17, 15) is 4.79 Å². The lowest BCUT2D eigenvalue weighted by Gasteiger charge is -2.30. The minimum absolute atomic E-state index is 0.0489. The normalized spacial score (nSPS) is 23.0. The summed E-state index contributed by atoms with van der Waals surface area (Å²) < 4.78 is 10.5. The van der Waals surface area contributed by atoms with Crippen LogP contribution in [-0.2, 0) is 22.5 Å². The number of carbonyl (C=O) groups excluding carboxylic acids is 1. The van der Waals surface area contributed by atoms with Crippen molar-refractivity contribution in [2.75, 3.05) is 20.2 Å². The Balaban J connectivity index is 1.64. The molecule has 0 unspecified atom stereocenters. The third kappa shape index (κ3) is 2.73. The van der Waals surface area contributed by atoms with E-state index in [1.807, 2.05) is 6.07 Å². The quantitative estimate of drug-likeness (QED) is 0.777. The van der Waals surface area contributed by atoms with E-state index < -0.39 is 0 Å². The number of hydrogen-bond donors (Lipinski definition) is 0. The molecule has 1 aromatic rings. The molecule has 1 fully saturated rings. The molecular weight excluding hydrogens is 242 g/mol. The maximum atomic E-state index is 11.1. The second kappa shape index (κ2) is 5.21. The number of methoxy groups -OCH3 is 1. The Kier molecular flexibility index (Phi) is 3.42. The molecular formula is C15H19NO3. The molecule has 19 heavy (non-hydrogen) atoms. The van der Waals surface area contributed by atoms with E-state index in [-0.39, 0.29) is 12.1 Å². The van der Waals surface area contributed by atoms with Crippen LogP contribution in [0, 0.1) is 0 Å². The van der Waals surface area contributed by atoms with Crippen LogP contribution in [0.15, 0.2) is 18.2 Å². The van der Waals surface area contributed by atoms with Crippen LogP contribution in [0.5, 0.6) is 5.75 Å². The second-order valence-electron chi connectivity index (χ2n) is 5.27. The molecule has 0 spiro atoms. The third-order valence-corrected chi connectivity index (χ3v) is 3.94. The number of hydrogen-bond acceptors (Lipinski definition) is 4. The number of nitrogens with zero attached hydrogens (tertiary/aromatic N) is 1. The van der Waals surface area contributed by atoms with Crippen molar-refractivity contribution >= 4 is 5.97 Å². The summed E-state index contributed by atoms with van der Waals surface area (Å²) in [7, 11) is 1.70. The van der Waals surface area contributed by atoms with Crippen molar-refractivity contribution in [1.29, 1.82) is 0 Å². The molecule has 2 aliphatic heterocycles. The van der Waals surface area contributed by atoms with Crippen LogP contribution in [0.25, 0.3) is 0 Å². The van der Waals surface area contributed by atoms with Gasteiger partial charge in [0.2, 0.25) is 0 Å². The van der Waals surface area contributed by atoms with Gasteiger partial charge in [0.25, 0.3) is 0 Å². The van der Waals surface area contributed by atoms with Crippen molar-refractivity contribution in [1.82, 2.24) is 4.90 Å². The molecule has 0 N–H and O–H groups in total. The number of fused-ring (bicyclic) bond motifs is 1. The van der Waals surface area contributed by atoms with Crippen molar-refractivity contribution in [2.24, 2.45) is 0 Å². The van der Waals surface area contributed by atoms with Gasteiger partial charge in [0, 0.05) is 26.1 Å². The monoisotopic (exact) mass is 261 g/mol. The van der Waals surface area contributed by atoms with Crippen LogP contribution in [0.1, 0.15) is 24.0 Å². The molecule has 0 bridgehead atoms. The lowest BCUT2D eigenvalue weighted by molar-refractivity contribution is -0.142. The fraction of sp³-hybridized carbons (Fsp3) is 0.533. The highest BCUT2D eigenvalue weighted by Crippen LogP contribution is 2.25. The summed E-state index contributed by atoms with van der Waals surface area (Å²) in [5.41, 5.74) is 2.73. The fourth-order valence-corrected chi connectivity index (χ4v) is 2.87. The van der Waals surface area contributed by atoms with Crippen molar-refractivity contribution in [3.8, 4) is 5.75 Å². The zero-order chi connectivity index (χ0) is 13.2. The van der Waals surface area contributed by atoms with E-state index in [4.69, 9.17) is 9.47 Å². The summed E-state index contributed by atoms with van der Waals surface area (Å²) in [6.45, 7) is 2.82. The Morgan fingerprint density at radius 3 is 3.00 bits per heavy atom. The summed E-state index contributed by atoms with van der Waals surface area (Å²) >= 11 is 0. The average molecular weight is 261 g/mol. The zero-order valence-corrected chi connectivity index (χ0v) is 11.2. The standard InChI is InChI=1S/C15H19NO3/c1-18-13-3-2-12-9-16(7-6-11(12)8-13)10-14-4-5-15(17)19-14/h2-3,8,14H,4-7,9-10H2,1H3/t14-/m0/s1. The molecule has 4 nitrogen and oxygen atoms in total. The highest BCUT2D eigenvalue weighted by atomic mass is 16.5. The lowest BCUT2D eigenvalue weighted by Crippen LogP contribution is -2.36. The maximum Gasteiger partial charge on any atom is 0.306 e. The van der Waals surface area contributed by atoms with Crippen molar-refractivity contribution in [3.05, 3.63) is 29.3 Å². The summed E-state index contributed by atoms with van der Waals surface area (Å²) in [4.78, 5) is 13.5. The van der Waals surface area contributed by atoms with Gasteiger partial charge < -0.3 is 9.47 Å². The molecule has 102 valence electrons. The summed E-state index contributed by atoms with van der Waals surface area (Å²) in [6.07, 6.45) is 2.57. The summed E-state index contributed by atoms with van der Waals surface area (Å²) in [5.74, 6) is 0.879. The Labute approximate surface area is 113 Å². The third-order valence-electron chi connectivity index (χ3n) is 3.94. The SMILES string of the molecule is COc1ccc2c(c1)CCN(C[C@@H]1CCC(=O)O1)C2. The molecule has 0 aromatic heterocycles. The van der Waals surface area contributed by atoms with Crippen LogP contribution in [0.4, 0.5) is 0 Å². The first-order valence-electron chi connectivity index (χ1n) is 6.82. The van der Waals surface area contributed by atoms with Gasteiger partial charge in [0.05, 0.1) is 7.11 Å². The van der Waals surface area contributed by atoms with Gasteiger partial charge in [-0.15, -0.1) is 0 Å². The molecule has 2 heterocycles. The smallest absolute Gasteiger partial charge is 0.306 e. The van der Waals surface area contributed by atoms with Gasteiger partial charge in [0.1, 0.15) is 11.9 Å². The number of cyclic esters (lactones) is 1. The molecule has 0 amide bonds. The Morgan fingerprint density at radius 2 is 2.26 bits per heavy atom. The lowest BCUT2D eigenvalue weighted by atomic mass is 9.99. The second-order valence-corrected chi connectivity index (χ2v) is 5.27. The Morgan fingerprint density at radius 1 is 1.37 bits per heavy atom. The van der Waals surface area contributed by atoms with Crippen molar-refractivity contribution in [3.63, 3.8) is 0 Å². The number of esters is 1. The van der Waals surface area contributed by atoms with Gasteiger partial charge in [-0.1, -0.05) is 6.07 Å². The van der Waals surface area contributed by atoms with E-state index in [2.05, 4.69) is 17.0 Å². The Hall–Kier alpha value is -1.55. The first-order valence-corrected chi connectivity index (χ1v) is 6.82. The summed E-state index contributed by atoms with van der Waals surface area (Å²) in [5, 5.41) is 0. The average Bonchev–Trinajstić information content (AvgIpc) is 2.83. The molecule has 4 heteroatoms. The van der Waals surface area contributed by atoms with Gasteiger partial charge in [-0.3, -0.25) is 9.69 Å². The minimum Gasteiger partial charge on any atom is -0.497 e. The highest BCUT2D eigenvalue weighted by molar-refractivity contribution is 5.71. The topological polar surface area (TPSA) is 38.8 Å². The predicted octanol–water partition coefficient (Wildman–Crippen LogP) is 1.76. The molecule has 0 aliphatic carbocycles. The van der Waals surface area contributed by atoms with Gasteiger partial charge in [-0.05, 0) is 36.1 Å². The molecule has 3 rings (SSSR count). The molecule has 0 radical (unpaired) electrons. The van der Waals surface area contributed by atoms with Crippen LogP contribution in [-0.4, -0.2) is 37.2 Å². The molecule has 1 aromatic carbocycles. The predicted molar refractivity (Wildman–Crippen MR) is 71.1 cm³/mol. The van der Waals surface area contributed by atoms with E-state index >= 15 is 0 Å². The van der Waals surface area contributed by atoms with Gasteiger partial charge in [-0.2, -0.15) is 0 Å². The molecule has 0 saturated carbocycles. The van der Waals surface area contributed by atoms with Gasteiger partial charge >= 0.3 is 5.97 Å². The van der Waals surface area contributed by atoms with Crippen LogP contribution in [0.2, 0.25) is 0 Å². The maximum absolute atomic E-state index is 11.1.